The van der Waals surface area contributed by atoms with Crippen LogP contribution in [0.1, 0.15) is 24.7 Å². The minimum absolute atomic E-state index is 0.0194. The first kappa shape index (κ1) is 13.7. The van der Waals surface area contributed by atoms with E-state index in [0.717, 1.165) is 42.4 Å². The second-order valence-corrected chi connectivity index (χ2v) is 6.53. The first-order chi connectivity index (χ1) is 9.58. The number of hydrogen-bond acceptors (Lipinski definition) is 5. The van der Waals surface area contributed by atoms with Crippen LogP contribution >= 0.6 is 11.3 Å². The number of thiazole rings is 1. The molecule has 2 aromatic rings. The molecule has 0 spiro atoms. The van der Waals surface area contributed by atoms with E-state index in [2.05, 4.69) is 16.8 Å². The van der Waals surface area contributed by atoms with Gasteiger partial charge in [0.05, 0.1) is 5.69 Å². The Morgan fingerprint density at radius 2 is 2.35 bits per heavy atom. The largest absolute Gasteiger partial charge is 0.330 e. The molecule has 20 heavy (non-hydrogen) atoms. The van der Waals surface area contributed by atoms with E-state index >= 15 is 0 Å². The Morgan fingerprint density at radius 1 is 1.55 bits per heavy atom. The topological polar surface area (TPSA) is 63.6 Å². The molecule has 108 valence electrons. The standard InChI is InChI=1S/C14H20N4OS/c1-9-3-11(5-15)6-17(9)7-12-4-13(19)18-10(2)8-20-14(18)16-12/h4,8-9,11H,3,5-7,15H2,1-2H3. The lowest BCUT2D eigenvalue weighted by Crippen LogP contribution is -2.29. The molecule has 1 aliphatic rings. The second-order valence-electron chi connectivity index (χ2n) is 5.70. The Hall–Kier alpha value is -1.24. The molecule has 2 N–H and O–H groups in total. The number of nitrogens with two attached hydrogens (primary N) is 1. The third-order valence-electron chi connectivity index (χ3n) is 4.12. The van der Waals surface area contributed by atoms with Crippen LogP contribution in [-0.2, 0) is 6.54 Å². The zero-order valence-electron chi connectivity index (χ0n) is 11.9. The van der Waals surface area contributed by atoms with Gasteiger partial charge in [0.1, 0.15) is 0 Å². The van der Waals surface area contributed by atoms with Crippen LogP contribution < -0.4 is 11.3 Å². The van der Waals surface area contributed by atoms with Gasteiger partial charge in [-0.2, -0.15) is 0 Å². The van der Waals surface area contributed by atoms with Gasteiger partial charge >= 0.3 is 0 Å². The van der Waals surface area contributed by atoms with Crippen molar-refractivity contribution < 1.29 is 0 Å². The summed E-state index contributed by atoms with van der Waals surface area (Å²) in [5.41, 5.74) is 7.59. The van der Waals surface area contributed by atoms with E-state index in [-0.39, 0.29) is 5.56 Å². The summed E-state index contributed by atoms with van der Waals surface area (Å²) < 4.78 is 1.67. The summed E-state index contributed by atoms with van der Waals surface area (Å²) in [5, 5.41) is 1.97. The monoisotopic (exact) mass is 292 g/mol. The van der Waals surface area contributed by atoms with Crippen molar-refractivity contribution in [3.05, 3.63) is 33.2 Å². The summed E-state index contributed by atoms with van der Waals surface area (Å²) in [6.45, 7) is 6.62. The third-order valence-corrected chi connectivity index (χ3v) is 5.06. The smallest absolute Gasteiger partial charge is 0.259 e. The van der Waals surface area contributed by atoms with Gasteiger partial charge in [0, 0.05) is 36.3 Å². The minimum atomic E-state index is 0.0194. The van der Waals surface area contributed by atoms with Gasteiger partial charge in [-0.15, -0.1) is 11.3 Å². The summed E-state index contributed by atoms with van der Waals surface area (Å²) in [4.78, 5) is 19.9. The number of rotatable bonds is 3. The molecule has 0 bridgehead atoms. The van der Waals surface area contributed by atoms with Crippen LogP contribution in [0.25, 0.3) is 4.96 Å². The predicted molar refractivity (Wildman–Crippen MR) is 81.1 cm³/mol. The first-order valence-corrected chi connectivity index (χ1v) is 7.87. The van der Waals surface area contributed by atoms with Gasteiger partial charge in [-0.3, -0.25) is 14.1 Å². The van der Waals surface area contributed by atoms with Crippen molar-refractivity contribution in [2.45, 2.75) is 32.9 Å². The molecular weight excluding hydrogens is 272 g/mol. The summed E-state index contributed by atoms with van der Waals surface area (Å²) in [6, 6.07) is 2.17. The molecule has 6 heteroatoms. The zero-order valence-corrected chi connectivity index (χ0v) is 12.7. The van der Waals surface area contributed by atoms with Crippen molar-refractivity contribution in [1.82, 2.24) is 14.3 Å². The highest BCUT2D eigenvalue weighted by Gasteiger charge is 2.28. The molecule has 3 heterocycles. The molecule has 2 atom stereocenters. The van der Waals surface area contributed by atoms with E-state index in [1.54, 1.807) is 10.5 Å². The molecule has 0 aromatic carbocycles. The van der Waals surface area contributed by atoms with E-state index in [1.165, 1.54) is 11.3 Å². The number of nitrogens with zero attached hydrogens (tertiary/aromatic N) is 3. The third kappa shape index (κ3) is 2.39. The van der Waals surface area contributed by atoms with Crippen LogP contribution in [0.15, 0.2) is 16.2 Å². The normalized spacial score (nSPS) is 23.8. The highest BCUT2D eigenvalue weighted by atomic mass is 32.1. The van der Waals surface area contributed by atoms with Crippen molar-refractivity contribution in [2.75, 3.05) is 13.1 Å². The van der Waals surface area contributed by atoms with Crippen LogP contribution in [0.2, 0.25) is 0 Å². The number of aryl methyl sites for hydroxylation is 1. The van der Waals surface area contributed by atoms with Gasteiger partial charge in [-0.25, -0.2) is 4.98 Å². The molecule has 0 radical (unpaired) electrons. The van der Waals surface area contributed by atoms with E-state index in [9.17, 15) is 4.79 Å². The van der Waals surface area contributed by atoms with E-state index < -0.39 is 0 Å². The van der Waals surface area contributed by atoms with Gasteiger partial charge in [0.15, 0.2) is 4.96 Å². The maximum atomic E-state index is 12.1. The van der Waals surface area contributed by atoms with Crippen LogP contribution in [0, 0.1) is 12.8 Å². The van der Waals surface area contributed by atoms with Gasteiger partial charge in [0.25, 0.3) is 5.56 Å². The summed E-state index contributed by atoms with van der Waals surface area (Å²) in [7, 11) is 0. The molecule has 0 saturated carbocycles. The first-order valence-electron chi connectivity index (χ1n) is 6.99. The van der Waals surface area contributed by atoms with Gasteiger partial charge in [-0.05, 0) is 32.7 Å². The molecule has 5 nitrogen and oxygen atoms in total. The highest BCUT2D eigenvalue weighted by molar-refractivity contribution is 7.15. The minimum Gasteiger partial charge on any atom is -0.330 e. The van der Waals surface area contributed by atoms with Crippen molar-refractivity contribution >= 4 is 16.3 Å². The van der Waals surface area contributed by atoms with E-state index in [4.69, 9.17) is 5.73 Å². The van der Waals surface area contributed by atoms with Crippen molar-refractivity contribution in [1.29, 1.82) is 0 Å². The highest BCUT2D eigenvalue weighted by Crippen LogP contribution is 2.23. The average molecular weight is 292 g/mol. The maximum absolute atomic E-state index is 12.1. The summed E-state index contributed by atoms with van der Waals surface area (Å²) >= 11 is 1.52. The lowest BCUT2D eigenvalue weighted by Gasteiger charge is -2.20. The van der Waals surface area contributed by atoms with E-state index in [1.807, 2.05) is 12.3 Å². The Bertz CT molecular complexity index is 677. The number of aromatic nitrogens is 2. The number of hydrogen-bond donors (Lipinski definition) is 1. The van der Waals surface area contributed by atoms with Gasteiger partial charge in [-0.1, -0.05) is 0 Å². The Morgan fingerprint density at radius 3 is 3.05 bits per heavy atom. The summed E-state index contributed by atoms with van der Waals surface area (Å²) in [5.74, 6) is 0.568. The van der Waals surface area contributed by atoms with E-state index in [0.29, 0.717) is 12.0 Å². The Labute approximate surface area is 122 Å². The SMILES string of the molecule is Cc1csc2nc(CN3CC(CN)CC3C)cc(=O)n12. The number of likely N-dealkylation sites (tertiary alicyclic amines) is 1. The molecule has 1 fully saturated rings. The van der Waals surface area contributed by atoms with Gasteiger partial charge in [0.2, 0.25) is 0 Å². The molecule has 1 saturated heterocycles. The van der Waals surface area contributed by atoms with Crippen molar-refractivity contribution in [3.8, 4) is 0 Å². The quantitative estimate of drug-likeness (QED) is 0.924. The van der Waals surface area contributed by atoms with Crippen LogP contribution in [0.4, 0.5) is 0 Å². The van der Waals surface area contributed by atoms with Crippen molar-refractivity contribution in [3.63, 3.8) is 0 Å². The van der Waals surface area contributed by atoms with Crippen LogP contribution in [0.5, 0.6) is 0 Å². The average Bonchev–Trinajstić information content (AvgIpc) is 2.94. The van der Waals surface area contributed by atoms with Crippen molar-refractivity contribution in [2.24, 2.45) is 11.7 Å². The lowest BCUT2D eigenvalue weighted by atomic mass is 10.1. The summed E-state index contributed by atoms with van der Waals surface area (Å²) in [6.07, 6.45) is 1.13. The van der Waals surface area contributed by atoms with Crippen LogP contribution in [-0.4, -0.2) is 33.4 Å². The number of fused-ring (bicyclic) bond motifs is 1. The Kier molecular flexibility index (Phi) is 3.62. The second kappa shape index (κ2) is 5.27. The molecule has 2 aromatic heterocycles. The maximum Gasteiger partial charge on any atom is 0.259 e. The zero-order chi connectivity index (χ0) is 14.3. The fraction of sp³-hybridized carbons (Fsp3) is 0.571. The molecular formula is C14H20N4OS. The lowest BCUT2D eigenvalue weighted by molar-refractivity contribution is 0.253. The predicted octanol–water partition coefficient (Wildman–Crippen LogP) is 1.23. The molecule has 0 aliphatic carbocycles. The van der Waals surface area contributed by atoms with Gasteiger partial charge < -0.3 is 5.73 Å². The molecule has 0 amide bonds. The van der Waals surface area contributed by atoms with Crippen LogP contribution in [0.3, 0.4) is 0 Å². The molecule has 1 aliphatic heterocycles. The fourth-order valence-corrected chi connectivity index (χ4v) is 3.89. The fourth-order valence-electron chi connectivity index (χ4n) is 3.00. The molecule has 2 unspecified atom stereocenters. The molecule has 3 rings (SSSR count). The Balaban J connectivity index is 1.86.